The van der Waals surface area contributed by atoms with Crippen molar-refractivity contribution in [1.82, 2.24) is 20.1 Å². The molecule has 1 aromatic heterocycles. The van der Waals surface area contributed by atoms with Crippen LogP contribution in [0.1, 0.15) is 53.6 Å². The van der Waals surface area contributed by atoms with Crippen LogP contribution in [0.2, 0.25) is 0 Å². The Morgan fingerprint density at radius 1 is 0.950 bits per heavy atom. The van der Waals surface area contributed by atoms with Gasteiger partial charge in [-0.05, 0) is 79.3 Å². The zero-order valence-electron chi connectivity index (χ0n) is 22.5. The van der Waals surface area contributed by atoms with Crippen molar-refractivity contribution in [1.29, 1.82) is 0 Å². The van der Waals surface area contributed by atoms with Gasteiger partial charge in [-0.25, -0.2) is 4.98 Å². The molecule has 0 spiro atoms. The van der Waals surface area contributed by atoms with Gasteiger partial charge in [-0.1, -0.05) is 6.07 Å². The molecule has 206 valence electrons. The van der Waals surface area contributed by atoms with E-state index in [1.807, 2.05) is 12.1 Å². The fraction of sp³-hybridized carbons (Fsp3) is 0.419. The molecule has 2 atom stereocenters. The molecule has 40 heavy (non-hydrogen) atoms. The predicted octanol–water partition coefficient (Wildman–Crippen LogP) is 3.25. The van der Waals surface area contributed by atoms with E-state index in [4.69, 9.17) is 9.72 Å². The molecule has 4 aliphatic heterocycles. The van der Waals surface area contributed by atoms with E-state index in [1.165, 1.54) is 23.8 Å². The van der Waals surface area contributed by atoms with Crippen molar-refractivity contribution < 1.29 is 19.1 Å². The highest BCUT2D eigenvalue weighted by molar-refractivity contribution is 6.05. The van der Waals surface area contributed by atoms with Gasteiger partial charge in [0.15, 0.2) is 0 Å². The molecule has 1 N–H and O–H groups in total. The first-order valence-corrected chi connectivity index (χ1v) is 14.3. The van der Waals surface area contributed by atoms with E-state index in [1.54, 1.807) is 11.0 Å². The summed E-state index contributed by atoms with van der Waals surface area (Å²) in [6, 6.07) is 15.9. The average molecular weight is 540 g/mol. The molecule has 3 aromatic rings. The van der Waals surface area contributed by atoms with Crippen LogP contribution in [0, 0.1) is 0 Å². The minimum absolute atomic E-state index is 0.0755. The normalized spacial score (nSPS) is 23.2. The second-order valence-corrected chi connectivity index (χ2v) is 11.4. The topological polar surface area (TPSA) is 95.1 Å². The van der Waals surface area contributed by atoms with Crippen molar-refractivity contribution >= 4 is 34.4 Å². The number of ether oxygens (including phenoxy) is 1. The number of carbonyl (C=O) groups excluding carboxylic acids is 3. The van der Waals surface area contributed by atoms with Crippen molar-refractivity contribution in [2.24, 2.45) is 0 Å². The minimum atomic E-state index is -0.608. The molecule has 4 aliphatic rings. The lowest BCUT2D eigenvalue weighted by Crippen LogP contribution is -2.52. The Bertz CT molecular complexity index is 1500. The zero-order valence-corrected chi connectivity index (χ0v) is 22.5. The molecule has 0 bridgehead atoms. The maximum atomic E-state index is 13.0. The number of anilines is 1. The molecule has 3 saturated heterocycles. The average Bonchev–Trinajstić information content (AvgIpc) is 3.70. The number of likely N-dealkylation sites (tertiary alicyclic amines) is 1. The number of rotatable bonds is 6. The Kier molecular flexibility index (Phi) is 6.38. The maximum Gasteiger partial charge on any atom is 0.255 e. The van der Waals surface area contributed by atoms with Gasteiger partial charge in [-0.3, -0.25) is 24.6 Å². The number of hydrogen-bond acceptors (Lipinski definition) is 7. The van der Waals surface area contributed by atoms with E-state index < -0.39 is 11.9 Å². The second-order valence-electron chi connectivity index (χ2n) is 11.4. The van der Waals surface area contributed by atoms with E-state index in [2.05, 4.69) is 45.4 Å². The van der Waals surface area contributed by atoms with Crippen molar-refractivity contribution in [2.75, 3.05) is 31.1 Å². The predicted molar refractivity (Wildman–Crippen MR) is 150 cm³/mol. The molecule has 7 rings (SSSR count). The van der Waals surface area contributed by atoms with Crippen molar-refractivity contribution in [3.63, 3.8) is 0 Å². The summed E-state index contributed by atoms with van der Waals surface area (Å²) in [5.74, 6) is 0.984. The first-order chi connectivity index (χ1) is 19.5. The minimum Gasteiger partial charge on any atom is -0.489 e. The van der Waals surface area contributed by atoms with E-state index in [-0.39, 0.29) is 24.3 Å². The summed E-state index contributed by atoms with van der Waals surface area (Å²) < 4.78 is 6.34. The molecule has 5 heterocycles. The van der Waals surface area contributed by atoms with Gasteiger partial charge in [-0.15, -0.1) is 0 Å². The lowest BCUT2D eigenvalue weighted by molar-refractivity contribution is -0.136. The van der Waals surface area contributed by atoms with Crippen LogP contribution in [-0.4, -0.2) is 70.8 Å². The van der Waals surface area contributed by atoms with Gasteiger partial charge in [0.25, 0.3) is 5.91 Å². The largest absolute Gasteiger partial charge is 0.489 e. The Morgan fingerprint density at radius 2 is 1.82 bits per heavy atom. The van der Waals surface area contributed by atoms with E-state index in [9.17, 15) is 14.4 Å². The first-order valence-electron chi connectivity index (χ1n) is 14.3. The molecular weight excluding hydrogens is 506 g/mol. The standard InChI is InChI=1S/C31H33N5O4/c37-29-10-8-27(30(38)33-29)36-18-22-16-23(5-6-25(22)31(36)39)40-24-11-14-34(19-24)17-20-3-7-26-21(15-20)4-9-28(32-26)35-12-1-2-13-35/h3-7,9,15-16,24,27H,1-2,8,10-14,17-19H2,(H,33,37,38)/t24-,27?/m0/s1. The third-order valence-electron chi connectivity index (χ3n) is 8.60. The molecule has 9 heteroatoms. The van der Waals surface area contributed by atoms with E-state index >= 15 is 0 Å². The number of nitrogens with zero attached hydrogens (tertiary/aromatic N) is 4. The van der Waals surface area contributed by atoms with Crippen LogP contribution in [0.4, 0.5) is 5.82 Å². The Balaban J connectivity index is 0.965. The summed E-state index contributed by atoms with van der Waals surface area (Å²) in [6.45, 7) is 5.20. The third-order valence-corrected chi connectivity index (χ3v) is 8.60. The van der Waals surface area contributed by atoms with Gasteiger partial charge in [0, 0.05) is 56.6 Å². The SMILES string of the molecule is O=C1CCC(N2Cc3cc(O[C@H]4CCN(Cc5ccc6nc(N7CCCC7)ccc6c5)C4)ccc3C2=O)C(=O)N1. The Hall–Kier alpha value is -3.98. The summed E-state index contributed by atoms with van der Waals surface area (Å²) >= 11 is 0. The number of carbonyl (C=O) groups is 3. The van der Waals surface area contributed by atoms with Crippen LogP contribution in [0.3, 0.4) is 0 Å². The number of piperidine rings is 1. The zero-order chi connectivity index (χ0) is 27.2. The van der Waals surface area contributed by atoms with Crippen molar-refractivity contribution in [3.8, 4) is 5.75 Å². The number of amides is 3. The fourth-order valence-electron chi connectivity index (χ4n) is 6.50. The molecule has 1 unspecified atom stereocenters. The summed E-state index contributed by atoms with van der Waals surface area (Å²) in [5.41, 5.74) is 3.78. The third kappa shape index (κ3) is 4.79. The Morgan fingerprint density at radius 3 is 2.67 bits per heavy atom. The van der Waals surface area contributed by atoms with Gasteiger partial charge in [0.1, 0.15) is 23.7 Å². The van der Waals surface area contributed by atoms with Gasteiger partial charge in [-0.2, -0.15) is 0 Å². The summed E-state index contributed by atoms with van der Waals surface area (Å²) in [4.78, 5) is 48.0. The highest BCUT2D eigenvalue weighted by Crippen LogP contribution is 2.31. The number of hydrogen-bond donors (Lipinski definition) is 1. The van der Waals surface area contributed by atoms with Crippen LogP contribution in [-0.2, 0) is 22.7 Å². The van der Waals surface area contributed by atoms with Crippen LogP contribution >= 0.6 is 0 Å². The summed E-state index contributed by atoms with van der Waals surface area (Å²) in [6.07, 6.45) is 4.11. The molecule has 0 radical (unpaired) electrons. The second kappa shape index (κ2) is 10.2. The number of imide groups is 1. The molecule has 3 fully saturated rings. The van der Waals surface area contributed by atoms with E-state index in [0.717, 1.165) is 61.8 Å². The van der Waals surface area contributed by atoms with Crippen molar-refractivity contribution in [2.45, 2.75) is 57.3 Å². The quantitative estimate of drug-likeness (QED) is 0.481. The summed E-state index contributed by atoms with van der Waals surface area (Å²) in [5, 5.41) is 3.52. The highest BCUT2D eigenvalue weighted by Gasteiger charge is 2.39. The monoisotopic (exact) mass is 539 g/mol. The number of benzene rings is 2. The van der Waals surface area contributed by atoms with Crippen LogP contribution < -0.4 is 15.0 Å². The number of fused-ring (bicyclic) bond motifs is 2. The maximum absolute atomic E-state index is 13.0. The molecule has 0 saturated carbocycles. The number of pyridine rings is 1. The first kappa shape index (κ1) is 25.0. The molecule has 0 aliphatic carbocycles. The fourth-order valence-corrected chi connectivity index (χ4v) is 6.50. The van der Waals surface area contributed by atoms with Gasteiger partial charge >= 0.3 is 0 Å². The molecule has 3 amide bonds. The van der Waals surface area contributed by atoms with Crippen LogP contribution in [0.15, 0.2) is 48.5 Å². The van der Waals surface area contributed by atoms with E-state index in [0.29, 0.717) is 18.5 Å². The molecule has 2 aromatic carbocycles. The van der Waals surface area contributed by atoms with Crippen LogP contribution in [0.25, 0.3) is 10.9 Å². The van der Waals surface area contributed by atoms with Gasteiger partial charge in [0.2, 0.25) is 11.8 Å². The smallest absolute Gasteiger partial charge is 0.255 e. The molecular formula is C31H33N5O4. The van der Waals surface area contributed by atoms with Crippen LogP contribution in [0.5, 0.6) is 5.75 Å². The lowest BCUT2D eigenvalue weighted by Gasteiger charge is -2.29. The number of aromatic nitrogens is 1. The molecule has 9 nitrogen and oxygen atoms in total. The van der Waals surface area contributed by atoms with Gasteiger partial charge < -0.3 is 14.5 Å². The lowest BCUT2D eigenvalue weighted by atomic mass is 10.0. The number of nitrogens with one attached hydrogen (secondary N) is 1. The van der Waals surface area contributed by atoms with Crippen molar-refractivity contribution in [3.05, 3.63) is 65.2 Å². The Labute approximate surface area is 233 Å². The van der Waals surface area contributed by atoms with Gasteiger partial charge in [0.05, 0.1) is 5.52 Å². The summed E-state index contributed by atoms with van der Waals surface area (Å²) in [7, 11) is 0. The highest BCUT2D eigenvalue weighted by atomic mass is 16.5.